The zero-order valence-corrected chi connectivity index (χ0v) is 14.8. The van der Waals surface area contributed by atoms with Crippen LogP contribution in [0.5, 0.6) is 0 Å². The van der Waals surface area contributed by atoms with Crippen LogP contribution < -0.4 is 5.32 Å². The largest absolute Gasteiger partial charge is 0.306 e. The number of anilines is 1. The van der Waals surface area contributed by atoms with Crippen LogP contribution in [0.25, 0.3) is 21.3 Å². The number of likely N-dealkylation sites (tertiary alicyclic amines) is 1. The lowest BCUT2D eigenvalue weighted by Crippen LogP contribution is -2.38. The molecule has 1 aliphatic heterocycles. The highest BCUT2D eigenvalue weighted by molar-refractivity contribution is 7.19. The topological polar surface area (TPSA) is 71.0 Å². The number of nitrogens with zero attached hydrogens (tertiary/aromatic N) is 4. The maximum atomic E-state index is 12.4. The summed E-state index contributed by atoms with van der Waals surface area (Å²) < 4.78 is 0. The minimum Gasteiger partial charge on any atom is -0.306 e. The van der Waals surface area contributed by atoms with Gasteiger partial charge >= 0.3 is 0 Å². The highest BCUT2D eigenvalue weighted by Gasteiger charge is 2.24. The second-order valence-corrected chi connectivity index (χ2v) is 7.45. The monoisotopic (exact) mass is 353 g/mol. The third-order valence-corrected chi connectivity index (χ3v) is 5.49. The van der Waals surface area contributed by atoms with E-state index in [0.717, 1.165) is 47.3 Å². The molecule has 0 saturated carbocycles. The molecule has 3 heterocycles. The Kier molecular flexibility index (Phi) is 4.42. The average Bonchev–Trinajstić information content (AvgIpc) is 3.10. The Labute approximate surface area is 149 Å². The second-order valence-electron chi connectivity index (χ2n) is 6.42. The number of benzene rings is 1. The van der Waals surface area contributed by atoms with E-state index in [4.69, 9.17) is 0 Å². The summed E-state index contributed by atoms with van der Waals surface area (Å²) in [5.74, 6) is 0.113. The van der Waals surface area contributed by atoms with Crippen molar-refractivity contribution in [3.8, 4) is 10.4 Å². The molecule has 2 aromatic heterocycles. The van der Waals surface area contributed by atoms with Crippen LogP contribution in [0.1, 0.15) is 12.8 Å². The van der Waals surface area contributed by atoms with Crippen molar-refractivity contribution in [2.24, 2.45) is 5.92 Å². The number of carbonyl (C=O) groups is 1. The first-order valence-electron chi connectivity index (χ1n) is 8.34. The minimum atomic E-state index is 0.0449. The molecular formula is C18H19N5OS. The van der Waals surface area contributed by atoms with Gasteiger partial charge in [0, 0.05) is 24.3 Å². The summed E-state index contributed by atoms with van der Waals surface area (Å²) >= 11 is 1.49. The van der Waals surface area contributed by atoms with Gasteiger partial charge in [-0.25, -0.2) is 15.0 Å². The highest BCUT2D eigenvalue weighted by Crippen LogP contribution is 2.31. The van der Waals surface area contributed by atoms with Crippen LogP contribution in [0.2, 0.25) is 0 Å². The number of rotatable bonds is 3. The Morgan fingerprint density at radius 3 is 3.12 bits per heavy atom. The molecule has 0 bridgehead atoms. The number of nitrogens with one attached hydrogen (secondary N) is 1. The lowest BCUT2D eigenvalue weighted by molar-refractivity contribution is -0.121. The highest BCUT2D eigenvalue weighted by atomic mass is 32.1. The first-order chi connectivity index (χ1) is 12.2. The molecule has 1 atom stereocenters. The van der Waals surface area contributed by atoms with Gasteiger partial charge < -0.3 is 10.2 Å². The van der Waals surface area contributed by atoms with E-state index in [-0.39, 0.29) is 11.8 Å². The van der Waals surface area contributed by atoms with Gasteiger partial charge in [-0.05, 0) is 38.1 Å². The number of hydrogen-bond acceptors (Lipinski definition) is 6. The molecule has 1 fully saturated rings. The van der Waals surface area contributed by atoms with Crippen LogP contribution in [0.4, 0.5) is 5.13 Å². The van der Waals surface area contributed by atoms with Crippen molar-refractivity contribution in [1.82, 2.24) is 19.9 Å². The third kappa shape index (κ3) is 3.52. The Balaban J connectivity index is 1.50. The van der Waals surface area contributed by atoms with Crippen LogP contribution >= 0.6 is 11.3 Å². The molecule has 128 valence electrons. The molecule has 1 aliphatic rings. The zero-order chi connectivity index (χ0) is 17.2. The summed E-state index contributed by atoms with van der Waals surface area (Å²) in [5.41, 5.74) is 1.94. The zero-order valence-electron chi connectivity index (χ0n) is 14.0. The number of piperidine rings is 1. The van der Waals surface area contributed by atoms with Gasteiger partial charge in [-0.15, -0.1) is 0 Å². The van der Waals surface area contributed by atoms with Gasteiger partial charge in [0.15, 0.2) is 5.13 Å². The molecule has 1 amide bonds. The summed E-state index contributed by atoms with van der Waals surface area (Å²) in [6, 6.07) is 6.05. The number of thiazole rings is 1. The molecule has 4 rings (SSSR count). The Morgan fingerprint density at radius 2 is 2.24 bits per heavy atom. The lowest BCUT2D eigenvalue weighted by Gasteiger charge is -2.28. The van der Waals surface area contributed by atoms with E-state index in [9.17, 15) is 4.79 Å². The van der Waals surface area contributed by atoms with Gasteiger partial charge in [-0.2, -0.15) is 0 Å². The fourth-order valence-electron chi connectivity index (χ4n) is 3.18. The van der Waals surface area contributed by atoms with Gasteiger partial charge in [-0.1, -0.05) is 23.5 Å². The van der Waals surface area contributed by atoms with Crippen molar-refractivity contribution in [2.75, 3.05) is 25.5 Å². The molecule has 0 spiro atoms. The molecule has 1 aromatic carbocycles. The summed E-state index contributed by atoms with van der Waals surface area (Å²) in [5, 5.41) is 4.63. The number of fused-ring (bicyclic) bond motifs is 1. The Bertz CT molecular complexity index is 909. The summed E-state index contributed by atoms with van der Waals surface area (Å²) in [4.78, 5) is 28.3. The third-order valence-electron chi connectivity index (χ3n) is 4.52. The van der Waals surface area contributed by atoms with Crippen molar-refractivity contribution in [1.29, 1.82) is 0 Å². The maximum absolute atomic E-state index is 12.4. The van der Waals surface area contributed by atoms with Crippen molar-refractivity contribution < 1.29 is 4.79 Å². The van der Waals surface area contributed by atoms with Crippen LogP contribution in [-0.2, 0) is 4.79 Å². The minimum absolute atomic E-state index is 0.0449. The first-order valence-corrected chi connectivity index (χ1v) is 9.16. The Hall–Kier alpha value is -2.38. The number of hydrogen-bond donors (Lipinski definition) is 1. The fraction of sp³-hybridized carbons (Fsp3) is 0.333. The van der Waals surface area contributed by atoms with E-state index in [2.05, 4.69) is 32.2 Å². The van der Waals surface area contributed by atoms with E-state index < -0.39 is 0 Å². The predicted octanol–water partition coefficient (Wildman–Crippen LogP) is 3.03. The lowest BCUT2D eigenvalue weighted by atomic mass is 9.98. The fourth-order valence-corrected chi connectivity index (χ4v) is 4.00. The van der Waals surface area contributed by atoms with E-state index in [1.165, 1.54) is 11.3 Å². The molecule has 1 unspecified atom stereocenters. The van der Waals surface area contributed by atoms with Crippen LogP contribution in [0.3, 0.4) is 0 Å². The van der Waals surface area contributed by atoms with E-state index in [1.807, 2.05) is 18.2 Å². The number of amides is 1. The molecule has 7 heteroatoms. The molecule has 3 aromatic rings. The molecule has 1 saturated heterocycles. The molecule has 1 N–H and O–H groups in total. The van der Waals surface area contributed by atoms with Crippen molar-refractivity contribution in [2.45, 2.75) is 12.8 Å². The van der Waals surface area contributed by atoms with Gasteiger partial charge in [0.1, 0.15) is 6.33 Å². The molecule has 6 nitrogen and oxygen atoms in total. The molecular weight excluding hydrogens is 334 g/mol. The van der Waals surface area contributed by atoms with Crippen LogP contribution in [0, 0.1) is 5.92 Å². The maximum Gasteiger partial charge on any atom is 0.230 e. The van der Waals surface area contributed by atoms with Crippen LogP contribution in [0.15, 0.2) is 36.9 Å². The summed E-state index contributed by atoms with van der Waals surface area (Å²) in [6.07, 6.45) is 7.16. The number of carbonyl (C=O) groups excluding carboxylic acids is 1. The van der Waals surface area contributed by atoms with Crippen molar-refractivity contribution in [3.63, 3.8) is 0 Å². The van der Waals surface area contributed by atoms with E-state index >= 15 is 0 Å². The molecule has 0 aliphatic carbocycles. The van der Waals surface area contributed by atoms with E-state index in [0.29, 0.717) is 5.13 Å². The molecule has 0 radical (unpaired) electrons. The smallest absolute Gasteiger partial charge is 0.230 e. The van der Waals surface area contributed by atoms with Gasteiger partial charge in [0.25, 0.3) is 0 Å². The van der Waals surface area contributed by atoms with Crippen molar-refractivity contribution in [3.05, 3.63) is 36.9 Å². The standard InChI is InChI=1S/C18H19N5OS/c1-23-6-2-3-14(10-23)17(24)22-18-20-9-16(25-18)12-4-5-13-8-19-11-21-15(13)7-12/h4-5,7-9,11,14H,2-3,6,10H2,1H3,(H,20,22,24). The first kappa shape index (κ1) is 16.1. The second kappa shape index (κ2) is 6.85. The van der Waals surface area contributed by atoms with Gasteiger partial charge in [0.05, 0.1) is 16.3 Å². The Morgan fingerprint density at radius 1 is 1.32 bits per heavy atom. The van der Waals surface area contributed by atoms with Crippen LogP contribution in [-0.4, -0.2) is 45.9 Å². The van der Waals surface area contributed by atoms with Gasteiger partial charge in [0.2, 0.25) is 5.91 Å². The normalized spacial score (nSPS) is 18.4. The SMILES string of the molecule is CN1CCCC(C(=O)Nc2ncc(-c3ccc4cncnc4c3)s2)C1. The number of aromatic nitrogens is 3. The average molecular weight is 353 g/mol. The van der Waals surface area contributed by atoms with Crippen molar-refractivity contribution >= 4 is 33.3 Å². The predicted molar refractivity (Wildman–Crippen MR) is 99.5 cm³/mol. The summed E-state index contributed by atoms with van der Waals surface area (Å²) in [7, 11) is 2.06. The van der Waals surface area contributed by atoms with E-state index in [1.54, 1.807) is 18.7 Å². The quantitative estimate of drug-likeness (QED) is 0.784. The molecule has 25 heavy (non-hydrogen) atoms. The summed E-state index contributed by atoms with van der Waals surface area (Å²) in [6.45, 7) is 1.88. The van der Waals surface area contributed by atoms with Gasteiger partial charge in [-0.3, -0.25) is 4.79 Å².